The van der Waals surface area contributed by atoms with Crippen LogP contribution < -0.4 is 0 Å². The first-order valence-electron chi connectivity index (χ1n) is 4.08. The molecule has 0 N–H and O–H groups in total. The summed E-state index contributed by atoms with van der Waals surface area (Å²) in [4.78, 5) is 10.2. The third-order valence-corrected chi connectivity index (χ3v) is 1.98. The van der Waals surface area contributed by atoms with Crippen molar-refractivity contribution >= 4 is 18.1 Å². The molecule has 0 saturated heterocycles. The second-order valence-corrected chi connectivity index (χ2v) is 2.99. The van der Waals surface area contributed by atoms with Gasteiger partial charge in [-0.3, -0.25) is 4.79 Å². The fourth-order valence-corrected chi connectivity index (χ4v) is 1.35. The van der Waals surface area contributed by atoms with Crippen LogP contribution in [0.3, 0.4) is 0 Å². The molecule has 3 heteroatoms. The van der Waals surface area contributed by atoms with Gasteiger partial charge in [0.1, 0.15) is 6.10 Å². The molecule has 0 saturated carbocycles. The summed E-state index contributed by atoms with van der Waals surface area (Å²) in [5, 5.41) is 0. The number of hydrogen-bond acceptors (Lipinski definition) is 2. The van der Waals surface area contributed by atoms with E-state index >= 15 is 0 Å². The Morgan fingerprint density at radius 3 is 2.62 bits per heavy atom. The summed E-state index contributed by atoms with van der Waals surface area (Å²) in [6.45, 7) is 0.463. The van der Waals surface area contributed by atoms with E-state index in [2.05, 4.69) is 0 Å². The highest BCUT2D eigenvalue weighted by atomic mass is 35.5. The van der Waals surface area contributed by atoms with E-state index in [0.29, 0.717) is 18.8 Å². The lowest BCUT2D eigenvalue weighted by molar-refractivity contribution is -0.134. The lowest BCUT2D eigenvalue weighted by atomic mass is 10.1. The van der Waals surface area contributed by atoms with Crippen LogP contribution in [0.5, 0.6) is 0 Å². The quantitative estimate of drug-likeness (QED) is 0.537. The molecule has 0 fully saturated rings. The van der Waals surface area contributed by atoms with Crippen molar-refractivity contribution in [1.29, 1.82) is 0 Å². The summed E-state index contributed by atoms with van der Waals surface area (Å²) in [6, 6.07) is 9.57. The van der Waals surface area contributed by atoms with E-state index < -0.39 is 0 Å². The van der Waals surface area contributed by atoms with Crippen LogP contribution in [0.2, 0.25) is 0 Å². The number of carbonyl (C=O) groups is 1. The van der Waals surface area contributed by atoms with Gasteiger partial charge in [-0.25, -0.2) is 0 Å². The number of halogens is 1. The van der Waals surface area contributed by atoms with Crippen molar-refractivity contribution in [3.05, 3.63) is 35.9 Å². The van der Waals surface area contributed by atoms with E-state index in [4.69, 9.17) is 16.3 Å². The summed E-state index contributed by atoms with van der Waals surface area (Å²) in [5.74, 6) is 0.480. The third kappa shape index (κ3) is 3.07. The highest BCUT2D eigenvalue weighted by Crippen LogP contribution is 2.20. The SMILES string of the molecule is O=COC(CCCl)c1ccccc1. The molecule has 0 aliphatic heterocycles. The van der Waals surface area contributed by atoms with E-state index in [1.165, 1.54) is 0 Å². The first kappa shape index (κ1) is 10.1. The smallest absolute Gasteiger partial charge is 0.293 e. The molecule has 0 bridgehead atoms. The number of carbonyl (C=O) groups excluding carboxylic acids is 1. The van der Waals surface area contributed by atoms with Gasteiger partial charge in [-0.15, -0.1) is 11.6 Å². The van der Waals surface area contributed by atoms with Crippen molar-refractivity contribution < 1.29 is 9.53 Å². The normalized spacial score (nSPS) is 12.1. The molecular weight excluding hydrogens is 188 g/mol. The van der Waals surface area contributed by atoms with Crippen LogP contribution in [0.15, 0.2) is 30.3 Å². The Kier molecular flexibility index (Phi) is 4.33. The molecule has 0 aliphatic carbocycles. The molecule has 13 heavy (non-hydrogen) atoms. The maximum Gasteiger partial charge on any atom is 0.293 e. The lowest BCUT2D eigenvalue weighted by Gasteiger charge is -2.13. The van der Waals surface area contributed by atoms with Gasteiger partial charge in [0.05, 0.1) is 0 Å². The Morgan fingerprint density at radius 2 is 2.08 bits per heavy atom. The molecule has 0 amide bonds. The number of benzene rings is 1. The van der Waals surface area contributed by atoms with Crippen LogP contribution in [0.1, 0.15) is 18.1 Å². The average molecular weight is 199 g/mol. The van der Waals surface area contributed by atoms with Gasteiger partial charge in [-0.05, 0) is 5.56 Å². The Morgan fingerprint density at radius 1 is 1.38 bits per heavy atom. The molecule has 0 spiro atoms. The van der Waals surface area contributed by atoms with Gasteiger partial charge in [0.15, 0.2) is 0 Å². The molecule has 0 heterocycles. The van der Waals surface area contributed by atoms with Crippen molar-refractivity contribution in [1.82, 2.24) is 0 Å². The molecule has 2 nitrogen and oxygen atoms in total. The predicted molar refractivity (Wildman–Crippen MR) is 51.7 cm³/mol. The van der Waals surface area contributed by atoms with Crippen molar-refractivity contribution in [2.45, 2.75) is 12.5 Å². The summed E-state index contributed by atoms with van der Waals surface area (Å²) in [6.07, 6.45) is 0.431. The Bertz CT molecular complexity index is 248. The van der Waals surface area contributed by atoms with Crippen molar-refractivity contribution in [3.8, 4) is 0 Å². The maximum atomic E-state index is 10.2. The molecule has 0 aliphatic rings. The first-order chi connectivity index (χ1) is 6.38. The first-order valence-corrected chi connectivity index (χ1v) is 4.62. The molecule has 70 valence electrons. The summed E-state index contributed by atoms with van der Waals surface area (Å²) >= 11 is 5.59. The minimum atomic E-state index is -0.212. The fourth-order valence-electron chi connectivity index (χ4n) is 1.15. The fraction of sp³-hybridized carbons (Fsp3) is 0.300. The van der Waals surface area contributed by atoms with E-state index in [0.717, 1.165) is 5.56 Å². The number of ether oxygens (including phenoxy) is 1. The molecule has 1 aromatic carbocycles. The Labute approximate surface area is 82.5 Å². The van der Waals surface area contributed by atoms with Crippen LogP contribution in [0, 0.1) is 0 Å². The molecule has 1 atom stereocenters. The second-order valence-electron chi connectivity index (χ2n) is 2.61. The van der Waals surface area contributed by atoms with Gasteiger partial charge >= 0.3 is 0 Å². The summed E-state index contributed by atoms with van der Waals surface area (Å²) in [7, 11) is 0. The molecule has 1 unspecified atom stereocenters. The van der Waals surface area contributed by atoms with Gasteiger partial charge in [0.25, 0.3) is 6.47 Å². The zero-order valence-electron chi connectivity index (χ0n) is 7.15. The predicted octanol–water partition coefficient (Wildman–Crippen LogP) is 2.53. The highest BCUT2D eigenvalue weighted by Gasteiger charge is 2.10. The van der Waals surface area contributed by atoms with Crippen LogP contribution >= 0.6 is 11.6 Å². The third-order valence-electron chi connectivity index (χ3n) is 1.76. The molecular formula is C10H11ClO2. The van der Waals surface area contributed by atoms with E-state index in [9.17, 15) is 4.79 Å². The van der Waals surface area contributed by atoms with Crippen LogP contribution in [0.25, 0.3) is 0 Å². The van der Waals surface area contributed by atoms with Crippen molar-refractivity contribution in [2.75, 3.05) is 5.88 Å². The molecule has 1 aromatic rings. The largest absolute Gasteiger partial charge is 0.460 e. The Hall–Kier alpha value is -1.02. The van der Waals surface area contributed by atoms with Gasteiger partial charge in [-0.1, -0.05) is 30.3 Å². The van der Waals surface area contributed by atoms with E-state index in [1.807, 2.05) is 30.3 Å². The summed E-state index contributed by atoms with van der Waals surface area (Å²) in [5.41, 5.74) is 0.982. The number of rotatable bonds is 5. The van der Waals surface area contributed by atoms with Gasteiger partial charge in [0, 0.05) is 12.3 Å². The van der Waals surface area contributed by atoms with E-state index in [-0.39, 0.29) is 6.10 Å². The van der Waals surface area contributed by atoms with Gasteiger partial charge in [0.2, 0.25) is 0 Å². The number of hydrogen-bond donors (Lipinski definition) is 0. The van der Waals surface area contributed by atoms with Crippen LogP contribution in [-0.2, 0) is 9.53 Å². The van der Waals surface area contributed by atoms with Crippen LogP contribution in [-0.4, -0.2) is 12.4 Å². The van der Waals surface area contributed by atoms with Crippen molar-refractivity contribution in [3.63, 3.8) is 0 Å². The minimum absolute atomic E-state index is 0.212. The van der Waals surface area contributed by atoms with Gasteiger partial charge in [-0.2, -0.15) is 0 Å². The molecule has 1 rings (SSSR count). The highest BCUT2D eigenvalue weighted by molar-refractivity contribution is 6.17. The van der Waals surface area contributed by atoms with Crippen LogP contribution in [0.4, 0.5) is 0 Å². The second kappa shape index (κ2) is 5.60. The molecule has 0 aromatic heterocycles. The topological polar surface area (TPSA) is 26.3 Å². The number of alkyl halides is 1. The van der Waals surface area contributed by atoms with Gasteiger partial charge < -0.3 is 4.74 Å². The standard InChI is InChI=1S/C10H11ClO2/c11-7-6-10(13-8-12)9-4-2-1-3-5-9/h1-5,8,10H,6-7H2. The van der Waals surface area contributed by atoms with Crippen molar-refractivity contribution in [2.24, 2.45) is 0 Å². The minimum Gasteiger partial charge on any atom is -0.460 e. The molecule has 0 radical (unpaired) electrons. The summed E-state index contributed by atoms with van der Waals surface area (Å²) < 4.78 is 4.90. The van der Waals surface area contributed by atoms with E-state index in [1.54, 1.807) is 0 Å². The maximum absolute atomic E-state index is 10.2. The Balaban J connectivity index is 2.69. The average Bonchev–Trinajstić information content (AvgIpc) is 2.19. The zero-order valence-corrected chi connectivity index (χ0v) is 7.91. The zero-order chi connectivity index (χ0) is 9.52. The monoisotopic (exact) mass is 198 g/mol. The lowest BCUT2D eigenvalue weighted by Crippen LogP contribution is -2.03.